The largest absolute Gasteiger partial charge is 0.245 e. The van der Waals surface area contributed by atoms with Crippen molar-refractivity contribution < 1.29 is 9.13 Å². The van der Waals surface area contributed by atoms with Gasteiger partial charge in [-0.05, 0) is 0 Å². The fraction of sp³-hybridized carbons (Fsp3) is 0.500. The minimum atomic E-state index is 1.31. The molecule has 0 aliphatic heterocycles. The third-order valence-electron chi connectivity index (χ3n) is 2.10. The number of hydrogen-bond acceptors (Lipinski definition) is 0. The van der Waals surface area contributed by atoms with Crippen LogP contribution < -0.4 is 9.13 Å². The smallest absolute Gasteiger partial charge is 0.195 e. The average Bonchev–Trinajstić information content (AvgIpc) is 1.93. The fourth-order valence-corrected chi connectivity index (χ4v) is 0.934. The lowest BCUT2D eigenvalue weighted by atomic mass is 10.3. The summed E-state index contributed by atoms with van der Waals surface area (Å²) in [4.78, 5) is 0. The molecule has 54 valence electrons. The first kappa shape index (κ1) is 7.19. The number of rotatable bonds is 0. The van der Waals surface area contributed by atoms with E-state index in [1.807, 2.05) is 0 Å². The zero-order valence-electron chi connectivity index (χ0n) is 7.05. The minimum Gasteiger partial charge on any atom is -0.195 e. The van der Waals surface area contributed by atoms with Gasteiger partial charge in [-0.25, -0.2) is 0 Å². The van der Waals surface area contributed by atoms with Crippen molar-refractivity contribution in [2.45, 2.75) is 13.8 Å². The van der Waals surface area contributed by atoms with Crippen LogP contribution >= 0.6 is 0 Å². The summed E-state index contributed by atoms with van der Waals surface area (Å²) in [6.07, 6.45) is 4.12. The maximum Gasteiger partial charge on any atom is 0.245 e. The Morgan fingerprint density at radius 1 is 0.900 bits per heavy atom. The first-order chi connectivity index (χ1) is 4.63. The lowest BCUT2D eigenvalue weighted by Crippen LogP contribution is -2.43. The quantitative estimate of drug-likeness (QED) is 0.444. The maximum absolute atomic E-state index is 2.12. The highest BCUT2D eigenvalue weighted by atomic mass is 15.0. The second-order valence-corrected chi connectivity index (χ2v) is 2.69. The molecule has 1 aromatic rings. The van der Waals surface area contributed by atoms with Gasteiger partial charge in [0.25, 0.3) is 0 Å². The van der Waals surface area contributed by atoms with E-state index in [-0.39, 0.29) is 0 Å². The molecule has 0 saturated carbocycles. The molecule has 0 atom stereocenters. The Kier molecular flexibility index (Phi) is 1.70. The van der Waals surface area contributed by atoms with E-state index in [1.165, 1.54) is 11.4 Å². The Morgan fingerprint density at radius 3 is 1.50 bits per heavy atom. The third-order valence-corrected chi connectivity index (χ3v) is 2.10. The lowest BCUT2D eigenvalue weighted by Gasteiger charge is -1.94. The Balaban J connectivity index is 3.34. The highest BCUT2D eigenvalue weighted by Gasteiger charge is 2.12. The monoisotopic (exact) mass is 138 g/mol. The normalized spacial score (nSPS) is 10.0. The summed E-state index contributed by atoms with van der Waals surface area (Å²) >= 11 is 0. The topological polar surface area (TPSA) is 7.76 Å². The van der Waals surface area contributed by atoms with Gasteiger partial charge in [0.2, 0.25) is 23.8 Å². The van der Waals surface area contributed by atoms with Crippen molar-refractivity contribution in [1.29, 1.82) is 0 Å². The lowest BCUT2D eigenvalue weighted by molar-refractivity contribution is -0.735. The Morgan fingerprint density at radius 2 is 1.20 bits per heavy atom. The van der Waals surface area contributed by atoms with Crippen LogP contribution in [0.15, 0.2) is 12.4 Å². The van der Waals surface area contributed by atoms with Crippen molar-refractivity contribution >= 4 is 0 Å². The molecule has 0 bridgehead atoms. The molecule has 0 unspecified atom stereocenters. The van der Waals surface area contributed by atoms with Gasteiger partial charge in [-0.3, -0.25) is 0 Å². The van der Waals surface area contributed by atoms with Crippen molar-refractivity contribution in [2.24, 2.45) is 14.1 Å². The predicted octanol–water partition coefficient (Wildman–Crippen LogP) is -0.0476. The molecule has 0 aliphatic rings. The first-order valence-corrected chi connectivity index (χ1v) is 3.44. The summed E-state index contributed by atoms with van der Waals surface area (Å²) in [5.41, 5.74) is 2.62. The molecule has 0 saturated heterocycles. The Labute approximate surface area is 61.8 Å². The molecule has 1 heterocycles. The van der Waals surface area contributed by atoms with Gasteiger partial charge in [-0.2, -0.15) is 9.13 Å². The van der Waals surface area contributed by atoms with Crippen molar-refractivity contribution in [3.8, 4) is 0 Å². The third kappa shape index (κ3) is 1.01. The summed E-state index contributed by atoms with van der Waals surface area (Å²) in [6.45, 7) is 4.24. The standard InChI is InChI=1S/C8H14N2/c1-7-8(2)10(4)6-5-9(7)3/h5-6H,1-4H3/q+2. The van der Waals surface area contributed by atoms with Gasteiger partial charge in [0.05, 0.1) is 0 Å². The fourth-order valence-electron chi connectivity index (χ4n) is 0.934. The molecule has 0 amide bonds. The molecule has 0 aliphatic carbocycles. The van der Waals surface area contributed by atoms with Gasteiger partial charge in [0, 0.05) is 13.8 Å². The molecule has 1 aromatic heterocycles. The van der Waals surface area contributed by atoms with E-state index in [4.69, 9.17) is 0 Å². The summed E-state index contributed by atoms with van der Waals surface area (Å²) in [5, 5.41) is 0. The number of hydrogen-bond donors (Lipinski definition) is 0. The number of aromatic nitrogens is 2. The summed E-state index contributed by atoms with van der Waals surface area (Å²) in [6, 6.07) is 0. The van der Waals surface area contributed by atoms with E-state index in [1.54, 1.807) is 0 Å². The summed E-state index contributed by atoms with van der Waals surface area (Å²) in [5.74, 6) is 0. The van der Waals surface area contributed by atoms with Crippen LogP contribution in [0.4, 0.5) is 0 Å². The van der Waals surface area contributed by atoms with E-state index in [0.29, 0.717) is 0 Å². The van der Waals surface area contributed by atoms with Gasteiger partial charge in [-0.1, -0.05) is 0 Å². The molecule has 0 spiro atoms. The number of aryl methyl sites for hydroxylation is 2. The summed E-state index contributed by atoms with van der Waals surface area (Å²) in [7, 11) is 4.12. The van der Waals surface area contributed by atoms with Crippen LogP contribution in [0.25, 0.3) is 0 Å². The van der Waals surface area contributed by atoms with Crippen LogP contribution in [-0.2, 0) is 14.1 Å². The van der Waals surface area contributed by atoms with Gasteiger partial charge >= 0.3 is 0 Å². The van der Waals surface area contributed by atoms with E-state index in [2.05, 4.69) is 49.5 Å². The molecular weight excluding hydrogens is 124 g/mol. The van der Waals surface area contributed by atoms with E-state index < -0.39 is 0 Å². The van der Waals surface area contributed by atoms with E-state index in [0.717, 1.165) is 0 Å². The molecule has 0 radical (unpaired) electrons. The zero-order chi connectivity index (χ0) is 7.72. The van der Waals surface area contributed by atoms with Crippen LogP contribution in [0.2, 0.25) is 0 Å². The van der Waals surface area contributed by atoms with Crippen LogP contribution in [0.1, 0.15) is 11.4 Å². The molecule has 2 nitrogen and oxygen atoms in total. The van der Waals surface area contributed by atoms with E-state index >= 15 is 0 Å². The van der Waals surface area contributed by atoms with Crippen LogP contribution in [0.3, 0.4) is 0 Å². The molecule has 1 rings (SSSR count). The van der Waals surface area contributed by atoms with E-state index in [9.17, 15) is 0 Å². The average molecular weight is 138 g/mol. The first-order valence-electron chi connectivity index (χ1n) is 3.44. The molecule has 2 heteroatoms. The zero-order valence-corrected chi connectivity index (χ0v) is 7.05. The van der Waals surface area contributed by atoms with Crippen molar-refractivity contribution in [1.82, 2.24) is 0 Å². The van der Waals surface area contributed by atoms with Gasteiger partial charge in [0.1, 0.15) is 14.1 Å². The highest BCUT2D eigenvalue weighted by molar-refractivity contribution is 4.92. The molecule has 0 N–H and O–H groups in total. The van der Waals surface area contributed by atoms with Crippen molar-refractivity contribution in [2.75, 3.05) is 0 Å². The van der Waals surface area contributed by atoms with Crippen molar-refractivity contribution in [3.05, 3.63) is 23.8 Å². The maximum atomic E-state index is 2.12. The predicted molar refractivity (Wildman–Crippen MR) is 38.3 cm³/mol. The Hall–Kier alpha value is -0.920. The minimum absolute atomic E-state index is 1.31. The second-order valence-electron chi connectivity index (χ2n) is 2.69. The second kappa shape index (κ2) is 2.37. The van der Waals surface area contributed by atoms with Crippen LogP contribution in [0.5, 0.6) is 0 Å². The Bertz CT molecular complexity index is 227. The SMILES string of the molecule is Cc1c(C)[n+](C)cc[n+]1C. The van der Waals surface area contributed by atoms with Crippen LogP contribution in [0, 0.1) is 13.8 Å². The molecule has 0 fully saturated rings. The summed E-state index contributed by atoms with van der Waals surface area (Å²) < 4.78 is 4.24. The number of nitrogens with zero attached hydrogens (tertiary/aromatic N) is 2. The van der Waals surface area contributed by atoms with Crippen LogP contribution in [-0.4, -0.2) is 0 Å². The molecule has 0 aromatic carbocycles. The van der Waals surface area contributed by atoms with Gasteiger partial charge in [-0.15, -0.1) is 0 Å². The van der Waals surface area contributed by atoms with Crippen molar-refractivity contribution in [3.63, 3.8) is 0 Å². The van der Waals surface area contributed by atoms with Gasteiger partial charge in [0.15, 0.2) is 0 Å². The molecule has 10 heavy (non-hydrogen) atoms. The van der Waals surface area contributed by atoms with Gasteiger partial charge < -0.3 is 0 Å². The highest BCUT2D eigenvalue weighted by Crippen LogP contribution is 1.89. The molecular formula is C8H14N2+2.